The SMILES string of the molecule is O=C(CSc1nnc2c(=O)n(-c3ccc(Br)cc3)ccn12)Nc1cccc(Cl)c1. The van der Waals surface area contributed by atoms with Gasteiger partial charge in [0.15, 0.2) is 5.16 Å². The van der Waals surface area contributed by atoms with Gasteiger partial charge >= 0.3 is 5.56 Å². The highest BCUT2D eigenvalue weighted by Gasteiger charge is 2.13. The quantitative estimate of drug-likeness (QED) is 0.427. The van der Waals surface area contributed by atoms with Gasteiger partial charge in [0.05, 0.1) is 5.75 Å². The van der Waals surface area contributed by atoms with Crippen molar-refractivity contribution < 1.29 is 4.79 Å². The molecule has 2 aromatic heterocycles. The summed E-state index contributed by atoms with van der Waals surface area (Å²) in [7, 11) is 0. The van der Waals surface area contributed by atoms with Crippen LogP contribution in [0.4, 0.5) is 5.69 Å². The van der Waals surface area contributed by atoms with E-state index in [9.17, 15) is 9.59 Å². The number of hydrogen-bond donors (Lipinski definition) is 1. The van der Waals surface area contributed by atoms with E-state index < -0.39 is 0 Å². The van der Waals surface area contributed by atoms with Gasteiger partial charge in [-0.1, -0.05) is 45.4 Å². The molecular formula is C19H13BrClN5O2S. The van der Waals surface area contributed by atoms with Crippen LogP contribution in [-0.2, 0) is 4.79 Å². The van der Waals surface area contributed by atoms with Crippen molar-refractivity contribution in [3.8, 4) is 5.69 Å². The highest BCUT2D eigenvalue weighted by molar-refractivity contribution is 9.10. The van der Waals surface area contributed by atoms with E-state index in [1.54, 1.807) is 41.1 Å². The van der Waals surface area contributed by atoms with Crippen molar-refractivity contribution in [3.63, 3.8) is 0 Å². The number of thioether (sulfide) groups is 1. The van der Waals surface area contributed by atoms with E-state index in [1.165, 1.54) is 16.3 Å². The van der Waals surface area contributed by atoms with Crippen LogP contribution in [-0.4, -0.2) is 30.8 Å². The number of nitrogens with one attached hydrogen (secondary N) is 1. The summed E-state index contributed by atoms with van der Waals surface area (Å²) in [5, 5.41) is 11.8. The van der Waals surface area contributed by atoms with E-state index in [0.29, 0.717) is 15.9 Å². The maximum absolute atomic E-state index is 12.8. The summed E-state index contributed by atoms with van der Waals surface area (Å²) < 4.78 is 4.00. The maximum atomic E-state index is 12.8. The lowest BCUT2D eigenvalue weighted by molar-refractivity contribution is -0.113. The Labute approximate surface area is 182 Å². The highest BCUT2D eigenvalue weighted by atomic mass is 79.9. The molecule has 146 valence electrons. The van der Waals surface area contributed by atoms with Crippen molar-refractivity contribution in [3.05, 3.63) is 80.8 Å². The van der Waals surface area contributed by atoms with Crippen LogP contribution in [0.25, 0.3) is 11.3 Å². The van der Waals surface area contributed by atoms with Crippen LogP contribution in [0.3, 0.4) is 0 Å². The van der Waals surface area contributed by atoms with Crippen molar-refractivity contribution in [2.24, 2.45) is 0 Å². The number of aromatic nitrogens is 4. The van der Waals surface area contributed by atoms with Crippen LogP contribution in [0.5, 0.6) is 0 Å². The van der Waals surface area contributed by atoms with Crippen LogP contribution in [0, 0.1) is 0 Å². The Balaban J connectivity index is 1.52. The Morgan fingerprint density at radius 3 is 2.69 bits per heavy atom. The zero-order valence-electron chi connectivity index (χ0n) is 14.8. The zero-order valence-corrected chi connectivity index (χ0v) is 17.9. The molecule has 10 heteroatoms. The average molecular weight is 491 g/mol. The second kappa shape index (κ2) is 8.40. The minimum Gasteiger partial charge on any atom is -0.325 e. The first-order valence-electron chi connectivity index (χ1n) is 8.42. The van der Waals surface area contributed by atoms with Gasteiger partial charge in [-0.25, -0.2) is 0 Å². The minimum absolute atomic E-state index is 0.114. The van der Waals surface area contributed by atoms with E-state index in [0.717, 1.165) is 10.2 Å². The summed E-state index contributed by atoms with van der Waals surface area (Å²) in [5.41, 5.74) is 1.23. The first kappa shape index (κ1) is 19.7. The fraction of sp³-hybridized carbons (Fsp3) is 0.0526. The summed E-state index contributed by atoms with van der Waals surface area (Å²) in [6.07, 6.45) is 3.36. The highest BCUT2D eigenvalue weighted by Crippen LogP contribution is 2.19. The third-order valence-corrected chi connectivity index (χ3v) is 5.69. The lowest BCUT2D eigenvalue weighted by Gasteiger charge is -2.07. The zero-order chi connectivity index (χ0) is 20.4. The molecule has 0 atom stereocenters. The van der Waals surface area contributed by atoms with Crippen LogP contribution in [0.1, 0.15) is 0 Å². The molecule has 4 rings (SSSR count). The largest absolute Gasteiger partial charge is 0.325 e. The lowest BCUT2D eigenvalue weighted by Crippen LogP contribution is -2.20. The van der Waals surface area contributed by atoms with E-state index in [-0.39, 0.29) is 22.9 Å². The van der Waals surface area contributed by atoms with Crippen molar-refractivity contribution in [2.45, 2.75) is 5.16 Å². The molecule has 0 aliphatic heterocycles. The molecule has 0 unspecified atom stereocenters. The number of carbonyl (C=O) groups is 1. The molecule has 0 spiro atoms. The second-order valence-corrected chi connectivity index (χ2v) is 8.27. The number of carbonyl (C=O) groups excluding carboxylic acids is 1. The Bertz CT molecular complexity index is 1260. The summed E-state index contributed by atoms with van der Waals surface area (Å²) >= 11 is 10.5. The third kappa shape index (κ3) is 4.36. The van der Waals surface area contributed by atoms with Gasteiger partial charge in [0, 0.05) is 33.3 Å². The van der Waals surface area contributed by atoms with Gasteiger partial charge in [0.1, 0.15) is 0 Å². The number of benzene rings is 2. The number of halogens is 2. The van der Waals surface area contributed by atoms with Crippen molar-refractivity contribution in [1.82, 2.24) is 19.2 Å². The van der Waals surface area contributed by atoms with Crippen LogP contribution < -0.4 is 10.9 Å². The standard InChI is InChI=1S/C19H13BrClN5O2S/c20-12-4-6-15(7-5-12)25-8-9-26-17(18(25)28)23-24-19(26)29-11-16(27)22-14-3-1-2-13(21)10-14/h1-10H,11H2,(H,22,27). The fourth-order valence-corrected chi connectivity index (χ4v) is 3.83. The summed E-state index contributed by atoms with van der Waals surface area (Å²) in [6, 6.07) is 14.3. The molecule has 0 bridgehead atoms. The Morgan fingerprint density at radius 2 is 1.93 bits per heavy atom. The first-order valence-corrected chi connectivity index (χ1v) is 10.6. The molecule has 4 aromatic rings. The van der Waals surface area contributed by atoms with E-state index in [4.69, 9.17) is 11.6 Å². The van der Waals surface area contributed by atoms with Gasteiger partial charge in [0.25, 0.3) is 0 Å². The predicted molar refractivity (Wildman–Crippen MR) is 117 cm³/mol. The van der Waals surface area contributed by atoms with Crippen LogP contribution in [0.2, 0.25) is 5.02 Å². The molecule has 0 saturated heterocycles. The van der Waals surface area contributed by atoms with E-state index in [2.05, 4.69) is 31.4 Å². The molecule has 2 aromatic carbocycles. The monoisotopic (exact) mass is 489 g/mol. The molecule has 1 amide bonds. The number of rotatable bonds is 5. The normalized spacial score (nSPS) is 11.0. The Hall–Kier alpha value is -2.62. The molecule has 7 nitrogen and oxygen atoms in total. The van der Waals surface area contributed by atoms with Crippen molar-refractivity contribution >= 4 is 56.5 Å². The topological polar surface area (TPSA) is 81.3 Å². The van der Waals surface area contributed by atoms with Crippen molar-refractivity contribution in [2.75, 3.05) is 11.1 Å². The molecular weight excluding hydrogens is 478 g/mol. The van der Waals surface area contributed by atoms with Gasteiger partial charge in [-0.3, -0.25) is 18.6 Å². The number of anilines is 1. The van der Waals surface area contributed by atoms with Gasteiger partial charge < -0.3 is 5.32 Å². The van der Waals surface area contributed by atoms with Crippen LogP contribution in [0.15, 0.2) is 75.3 Å². The Morgan fingerprint density at radius 1 is 1.14 bits per heavy atom. The van der Waals surface area contributed by atoms with Crippen molar-refractivity contribution in [1.29, 1.82) is 0 Å². The molecule has 0 fully saturated rings. The molecule has 2 heterocycles. The third-order valence-electron chi connectivity index (χ3n) is 3.98. The number of hydrogen-bond acceptors (Lipinski definition) is 5. The average Bonchev–Trinajstić information content (AvgIpc) is 3.12. The number of fused-ring (bicyclic) bond motifs is 1. The predicted octanol–water partition coefficient (Wildman–Crippen LogP) is 4.03. The van der Waals surface area contributed by atoms with E-state index in [1.807, 2.05) is 24.3 Å². The second-order valence-electron chi connectivity index (χ2n) is 5.97. The van der Waals surface area contributed by atoms with Gasteiger partial charge in [-0.05, 0) is 42.5 Å². The summed E-state index contributed by atoms with van der Waals surface area (Å²) in [4.78, 5) is 25.0. The van der Waals surface area contributed by atoms with Gasteiger partial charge in [-0.2, -0.15) is 0 Å². The lowest BCUT2D eigenvalue weighted by atomic mass is 10.3. The Kier molecular flexibility index (Phi) is 5.70. The number of nitrogens with zero attached hydrogens (tertiary/aromatic N) is 4. The summed E-state index contributed by atoms with van der Waals surface area (Å²) in [5.74, 6) is -0.0967. The molecule has 0 aliphatic carbocycles. The smallest absolute Gasteiger partial charge is 0.300 e. The molecule has 0 radical (unpaired) electrons. The molecule has 1 N–H and O–H groups in total. The first-order chi connectivity index (χ1) is 14.0. The minimum atomic E-state index is -0.294. The van der Waals surface area contributed by atoms with Gasteiger partial charge in [0.2, 0.25) is 11.6 Å². The molecule has 29 heavy (non-hydrogen) atoms. The molecule has 0 saturated carbocycles. The van der Waals surface area contributed by atoms with Crippen LogP contribution >= 0.6 is 39.3 Å². The van der Waals surface area contributed by atoms with Gasteiger partial charge in [-0.15, -0.1) is 10.2 Å². The molecule has 0 aliphatic rings. The fourth-order valence-electron chi connectivity index (χ4n) is 2.66. The maximum Gasteiger partial charge on any atom is 0.300 e. The number of amides is 1. The summed E-state index contributed by atoms with van der Waals surface area (Å²) in [6.45, 7) is 0. The van der Waals surface area contributed by atoms with E-state index >= 15 is 0 Å².